The van der Waals surface area contributed by atoms with Crippen molar-refractivity contribution >= 4 is 17.8 Å². The van der Waals surface area contributed by atoms with E-state index in [9.17, 15) is 41.4 Å². The molecule has 0 aromatic heterocycles. The lowest BCUT2D eigenvalue weighted by Crippen LogP contribution is -2.53. The van der Waals surface area contributed by atoms with Gasteiger partial charge in [-0.1, -0.05) is 44.2 Å². The summed E-state index contributed by atoms with van der Waals surface area (Å²) in [5.41, 5.74) is -0.712. The molecular formula is C23H23F5N2O4. The molecule has 11 heteroatoms. The number of aliphatic carboxylic acids is 1. The number of carbonyl (C=O) groups is 3. The van der Waals surface area contributed by atoms with Crippen LogP contribution in [0.5, 0.6) is 0 Å². The smallest absolute Gasteiger partial charge is 0.326 e. The number of amides is 2. The van der Waals surface area contributed by atoms with Crippen LogP contribution < -0.4 is 10.6 Å². The van der Waals surface area contributed by atoms with Gasteiger partial charge in [0.05, 0.1) is 6.42 Å². The number of carboxylic acid groups (broad SMARTS) is 1. The Morgan fingerprint density at radius 2 is 1.35 bits per heavy atom. The van der Waals surface area contributed by atoms with Gasteiger partial charge >= 0.3 is 5.97 Å². The number of hydrogen-bond acceptors (Lipinski definition) is 3. The molecule has 2 aromatic rings. The summed E-state index contributed by atoms with van der Waals surface area (Å²) in [7, 11) is 0. The second-order valence-electron chi connectivity index (χ2n) is 8.06. The van der Waals surface area contributed by atoms with Crippen LogP contribution in [0.2, 0.25) is 0 Å². The maximum atomic E-state index is 13.9. The number of halogens is 5. The lowest BCUT2D eigenvalue weighted by atomic mass is 10.0. The van der Waals surface area contributed by atoms with Gasteiger partial charge in [0.2, 0.25) is 17.6 Å². The van der Waals surface area contributed by atoms with Crippen molar-refractivity contribution in [2.24, 2.45) is 5.92 Å². The summed E-state index contributed by atoms with van der Waals surface area (Å²) in [4.78, 5) is 36.7. The highest BCUT2D eigenvalue weighted by molar-refractivity contribution is 5.91. The van der Waals surface area contributed by atoms with E-state index in [0.29, 0.717) is 5.56 Å². The Kier molecular flexibility index (Phi) is 9.11. The summed E-state index contributed by atoms with van der Waals surface area (Å²) in [6, 6.07) is 5.80. The zero-order chi connectivity index (χ0) is 25.6. The number of benzene rings is 2. The Labute approximate surface area is 192 Å². The predicted molar refractivity (Wildman–Crippen MR) is 111 cm³/mol. The fourth-order valence-electron chi connectivity index (χ4n) is 3.24. The van der Waals surface area contributed by atoms with E-state index in [1.807, 2.05) is 0 Å². The van der Waals surface area contributed by atoms with Gasteiger partial charge in [-0.2, -0.15) is 0 Å². The van der Waals surface area contributed by atoms with Gasteiger partial charge in [-0.3, -0.25) is 9.59 Å². The summed E-state index contributed by atoms with van der Waals surface area (Å²) in [6.07, 6.45) is -1.25. The molecule has 0 heterocycles. The van der Waals surface area contributed by atoms with Crippen LogP contribution in [0, 0.1) is 35.0 Å². The predicted octanol–water partition coefficient (Wildman–Crippen LogP) is 3.27. The monoisotopic (exact) mass is 486 g/mol. The molecule has 0 fully saturated rings. The molecule has 3 N–H and O–H groups in total. The van der Waals surface area contributed by atoms with E-state index >= 15 is 0 Å². The first-order chi connectivity index (χ1) is 15.9. The molecule has 0 saturated carbocycles. The molecule has 0 aliphatic rings. The number of nitrogens with one attached hydrogen (secondary N) is 2. The van der Waals surface area contributed by atoms with Crippen molar-refractivity contribution in [3.63, 3.8) is 0 Å². The SMILES string of the molecule is CC(C)C[C@H](NC(=O)Cc1c(F)c(F)c(F)c(F)c1F)C(=O)N[C@@H](Cc1ccccc1)C(=O)O. The van der Waals surface area contributed by atoms with E-state index < -0.39 is 70.9 Å². The van der Waals surface area contributed by atoms with Crippen LogP contribution >= 0.6 is 0 Å². The standard InChI is InChI=1S/C23H23F5N2O4/c1-11(2)8-14(22(32)30-15(23(33)34)9-12-6-4-3-5-7-12)29-16(31)10-13-17(24)19(26)21(28)20(27)18(13)25/h3-7,11,14-15H,8-10H2,1-2H3,(H,29,31)(H,30,32)(H,33,34)/t14-,15-/m0/s1. The van der Waals surface area contributed by atoms with Crippen molar-refractivity contribution in [2.45, 2.75) is 45.2 Å². The third kappa shape index (κ3) is 6.75. The van der Waals surface area contributed by atoms with E-state index in [2.05, 4.69) is 10.6 Å². The van der Waals surface area contributed by atoms with E-state index in [4.69, 9.17) is 0 Å². The van der Waals surface area contributed by atoms with Crippen molar-refractivity contribution < 1.29 is 41.4 Å². The minimum atomic E-state index is -2.35. The molecule has 6 nitrogen and oxygen atoms in total. The fourth-order valence-corrected chi connectivity index (χ4v) is 3.24. The number of carbonyl (C=O) groups excluding carboxylic acids is 2. The first-order valence-electron chi connectivity index (χ1n) is 10.3. The highest BCUT2D eigenvalue weighted by atomic mass is 19.2. The lowest BCUT2D eigenvalue weighted by molar-refractivity contribution is -0.142. The molecule has 0 radical (unpaired) electrons. The quantitative estimate of drug-likeness (QED) is 0.273. The van der Waals surface area contributed by atoms with Crippen molar-refractivity contribution in [1.29, 1.82) is 0 Å². The minimum Gasteiger partial charge on any atom is -0.480 e. The second kappa shape index (κ2) is 11.6. The highest BCUT2D eigenvalue weighted by Crippen LogP contribution is 2.23. The van der Waals surface area contributed by atoms with Crippen LogP contribution in [0.1, 0.15) is 31.4 Å². The average Bonchev–Trinajstić information content (AvgIpc) is 2.78. The molecular weight excluding hydrogens is 463 g/mol. The summed E-state index contributed by atoms with van der Waals surface area (Å²) in [5, 5.41) is 14.0. The minimum absolute atomic E-state index is 0.0202. The third-order valence-electron chi connectivity index (χ3n) is 4.89. The molecule has 2 atom stereocenters. The lowest BCUT2D eigenvalue weighted by Gasteiger charge is -2.23. The Morgan fingerprint density at radius 1 is 0.824 bits per heavy atom. The number of carboxylic acids is 1. The number of rotatable bonds is 10. The van der Waals surface area contributed by atoms with Crippen LogP contribution in [0.4, 0.5) is 22.0 Å². The Hall–Kier alpha value is -3.50. The second-order valence-corrected chi connectivity index (χ2v) is 8.06. The summed E-state index contributed by atoms with van der Waals surface area (Å²) in [5.74, 6) is -14.6. The first-order valence-corrected chi connectivity index (χ1v) is 10.3. The fraction of sp³-hybridized carbons (Fsp3) is 0.348. The topological polar surface area (TPSA) is 95.5 Å². The summed E-state index contributed by atoms with van der Waals surface area (Å²) >= 11 is 0. The van der Waals surface area contributed by atoms with Gasteiger partial charge in [0.1, 0.15) is 12.1 Å². The van der Waals surface area contributed by atoms with Crippen LogP contribution in [0.15, 0.2) is 30.3 Å². The van der Waals surface area contributed by atoms with Gasteiger partial charge in [0.25, 0.3) is 0 Å². The van der Waals surface area contributed by atoms with Crippen LogP contribution in [-0.2, 0) is 27.2 Å². The molecule has 0 aliphatic carbocycles. The molecule has 184 valence electrons. The van der Waals surface area contributed by atoms with Crippen LogP contribution in [0.3, 0.4) is 0 Å². The van der Waals surface area contributed by atoms with Gasteiger partial charge in [0.15, 0.2) is 23.3 Å². The van der Waals surface area contributed by atoms with Crippen LogP contribution in [0.25, 0.3) is 0 Å². The van der Waals surface area contributed by atoms with Crippen molar-refractivity contribution in [1.82, 2.24) is 10.6 Å². The zero-order valence-corrected chi connectivity index (χ0v) is 18.3. The largest absolute Gasteiger partial charge is 0.480 e. The van der Waals surface area contributed by atoms with Crippen molar-refractivity contribution in [2.75, 3.05) is 0 Å². The highest BCUT2D eigenvalue weighted by Gasteiger charge is 2.30. The van der Waals surface area contributed by atoms with Crippen LogP contribution in [-0.4, -0.2) is 35.0 Å². The molecule has 0 unspecified atom stereocenters. The molecule has 0 bridgehead atoms. The third-order valence-corrected chi connectivity index (χ3v) is 4.89. The van der Waals surface area contributed by atoms with Gasteiger partial charge < -0.3 is 15.7 Å². The van der Waals surface area contributed by atoms with E-state index in [1.54, 1.807) is 44.2 Å². The molecule has 0 saturated heterocycles. The normalized spacial score (nSPS) is 12.8. The van der Waals surface area contributed by atoms with Crippen molar-refractivity contribution in [3.8, 4) is 0 Å². The zero-order valence-electron chi connectivity index (χ0n) is 18.3. The Balaban J connectivity index is 2.18. The summed E-state index contributed by atoms with van der Waals surface area (Å²) < 4.78 is 67.8. The molecule has 34 heavy (non-hydrogen) atoms. The molecule has 2 aromatic carbocycles. The first kappa shape index (κ1) is 26.7. The average molecular weight is 486 g/mol. The maximum absolute atomic E-state index is 13.9. The van der Waals surface area contributed by atoms with E-state index in [0.717, 1.165) is 0 Å². The van der Waals surface area contributed by atoms with Gasteiger partial charge in [-0.25, -0.2) is 26.7 Å². The van der Waals surface area contributed by atoms with Gasteiger partial charge in [-0.15, -0.1) is 0 Å². The Morgan fingerprint density at radius 3 is 1.85 bits per heavy atom. The maximum Gasteiger partial charge on any atom is 0.326 e. The molecule has 2 rings (SSSR count). The molecule has 0 spiro atoms. The van der Waals surface area contributed by atoms with E-state index in [-0.39, 0.29) is 18.8 Å². The van der Waals surface area contributed by atoms with Crippen molar-refractivity contribution in [3.05, 3.63) is 70.5 Å². The van der Waals surface area contributed by atoms with Gasteiger partial charge in [-0.05, 0) is 17.9 Å². The molecule has 0 aliphatic heterocycles. The molecule has 2 amide bonds. The summed E-state index contributed by atoms with van der Waals surface area (Å²) in [6.45, 7) is 3.41. The van der Waals surface area contributed by atoms with Gasteiger partial charge in [0, 0.05) is 12.0 Å². The van der Waals surface area contributed by atoms with E-state index in [1.165, 1.54) is 0 Å². The number of hydrogen-bond donors (Lipinski definition) is 3. The Bertz CT molecular complexity index is 1030.